The molecule has 0 spiro atoms. The highest BCUT2D eigenvalue weighted by Crippen LogP contribution is 2.53. The zero-order valence-corrected chi connectivity index (χ0v) is 42.8. The van der Waals surface area contributed by atoms with E-state index in [1.54, 1.807) is 0 Å². The minimum absolute atomic E-state index is 0.201. The zero-order valence-electron chi connectivity index (χ0n) is 38.9. The van der Waals surface area contributed by atoms with Crippen LogP contribution in [0, 0.1) is 46.2 Å². The van der Waals surface area contributed by atoms with E-state index in [-0.39, 0.29) is 11.8 Å². The van der Waals surface area contributed by atoms with E-state index in [9.17, 15) is 158 Å². The first kappa shape index (κ1) is 81.5. The van der Waals surface area contributed by atoms with Crippen LogP contribution >= 0.6 is 44.2 Å². The SMILES string of the molecule is CC(F)(CC(F)(F)CC(F)(F)CC(CC(CC(CCS(=O)(=O)Cl)C(F)(F)F)C(F)(F)F)C(F)(F)F)C(F)(F)F.CC(F)(CC(F)(F)CC(F)(F)CC(CC(CC(CCSC#N)C(F)(F)F)C(F)(F)F)C(F)(F)F)C(F)(F)F.ClCl. The Labute approximate surface area is 443 Å². The van der Waals surface area contributed by atoms with Crippen molar-refractivity contribution in [3.63, 3.8) is 0 Å². The molecule has 0 N–H and O–H groups in total. The normalized spacial score (nSPS) is 18.3. The highest BCUT2D eigenvalue weighted by Gasteiger charge is 2.62. The average molecular weight is 1350 g/mol. The van der Waals surface area contributed by atoms with E-state index >= 15 is 0 Å². The lowest BCUT2D eigenvalue weighted by Crippen LogP contribution is -2.45. The summed E-state index contributed by atoms with van der Waals surface area (Å²) in [5, 5.41) is 9.64. The standard InChI is InChI=1S/C19H20F17NS.C18H20ClF17O2S.Cl2/c1-13(20,19(34,35)36)7-15(23,24)8-14(21,22)6-12(18(31,32)33)5-11(17(28,29)30)4-10(16(25,26)27)2-3-38-9-37;1-12(20,18(34,35)36)7-14(23,24)8-13(21,22)6-11(17(31,32)33)5-10(16(28,29)30)4-9(15(25,26)27)2-3-39(19,37)38;1-2/h10-12H,2-8H2,1H3;9-11H,2-8H2,1H3;. The maximum absolute atomic E-state index is 14.1. The first-order chi connectivity index (χ1) is 34.2. The van der Waals surface area contributed by atoms with E-state index < -0.39 is 231 Å². The van der Waals surface area contributed by atoms with Gasteiger partial charge in [0.1, 0.15) is 5.40 Å². The third-order valence-corrected chi connectivity index (χ3v) is 12.6. The van der Waals surface area contributed by atoms with Crippen molar-refractivity contribution in [2.75, 3.05) is 11.5 Å². The lowest BCUT2D eigenvalue weighted by Gasteiger charge is -2.33. The third kappa shape index (κ3) is 32.8. The van der Waals surface area contributed by atoms with Crippen molar-refractivity contribution >= 4 is 53.2 Å². The summed E-state index contributed by atoms with van der Waals surface area (Å²) in [7, 11) is 8.20. The molecule has 0 bridgehead atoms. The summed E-state index contributed by atoms with van der Waals surface area (Å²) in [6, 6.07) is 0. The van der Waals surface area contributed by atoms with Crippen molar-refractivity contribution in [1.82, 2.24) is 0 Å². The van der Waals surface area contributed by atoms with Gasteiger partial charge in [0.05, 0.1) is 66.9 Å². The van der Waals surface area contributed by atoms with Gasteiger partial charge in [0.25, 0.3) is 23.7 Å². The molecule has 476 valence electrons. The summed E-state index contributed by atoms with van der Waals surface area (Å²) in [4.78, 5) is 0. The van der Waals surface area contributed by atoms with Crippen LogP contribution in [0.25, 0.3) is 0 Å². The maximum Gasteiger partial charge on any atom is 0.422 e. The van der Waals surface area contributed by atoms with Crippen LogP contribution in [0.4, 0.5) is 149 Å². The molecular weight excluding hydrogens is 1310 g/mol. The summed E-state index contributed by atoms with van der Waals surface area (Å²) in [5.74, 6) is -44.5. The van der Waals surface area contributed by atoms with Crippen LogP contribution in [0.1, 0.15) is 90.9 Å². The number of alkyl halides is 34. The highest BCUT2D eigenvalue weighted by molar-refractivity contribution is 8.13. The van der Waals surface area contributed by atoms with Crippen molar-refractivity contribution in [3.05, 3.63) is 0 Å². The predicted octanol–water partition coefficient (Wildman–Crippen LogP) is 20.0. The fourth-order valence-corrected chi connectivity index (χ4v) is 8.37. The molecule has 3 nitrogen and oxygen atoms in total. The molecule has 0 saturated carbocycles. The monoisotopic (exact) mass is 1350 g/mol. The molecule has 0 heterocycles. The molecule has 0 aromatic heterocycles. The Kier molecular flexibility index (Phi) is 29.8. The molecule has 0 aliphatic rings. The molecule has 0 aliphatic carbocycles. The van der Waals surface area contributed by atoms with Crippen LogP contribution in [0.3, 0.4) is 0 Å². The van der Waals surface area contributed by atoms with Crippen LogP contribution in [-0.2, 0) is 9.05 Å². The van der Waals surface area contributed by atoms with Gasteiger partial charge in [-0.2, -0.15) is 111 Å². The van der Waals surface area contributed by atoms with Crippen LogP contribution in [0.5, 0.6) is 0 Å². The summed E-state index contributed by atoms with van der Waals surface area (Å²) in [6.45, 7) is -0.921. The highest BCUT2D eigenvalue weighted by atomic mass is 36.5. The Morgan fingerprint density at radius 3 is 0.848 bits per heavy atom. The van der Waals surface area contributed by atoms with Crippen LogP contribution in [-0.4, -0.2) is 104 Å². The van der Waals surface area contributed by atoms with Gasteiger partial charge in [0, 0.05) is 51.0 Å². The minimum Gasteiger partial charge on any atom is -0.234 e. The van der Waals surface area contributed by atoms with Crippen LogP contribution in [0.2, 0.25) is 0 Å². The summed E-state index contributed by atoms with van der Waals surface area (Å²) >= 11 is 0.201. The lowest BCUT2D eigenvalue weighted by atomic mass is 9.82. The molecule has 0 aromatic rings. The molecule has 0 radical (unpaired) electrons. The Morgan fingerprint density at radius 1 is 0.392 bits per heavy atom. The third-order valence-electron chi connectivity index (χ3n) is 10.9. The second-order valence-corrected chi connectivity index (χ2v) is 21.8. The van der Waals surface area contributed by atoms with Crippen molar-refractivity contribution in [2.45, 2.75) is 175 Å². The van der Waals surface area contributed by atoms with Gasteiger partial charge in [0.15, 0.2) is 0 Å². The van der Waals surface area contributed by atoms with Gasteiger partial charge in [0.2, 0.25) is 20.4 Å². The van der Waals surface area contributed by atoms with Crippen LogP contribution < -0.4 is 0 Å². The molecule has 8 atom stereocenters. The second-order valence-electron chi connectivity index (χ2n) is 18.1. The average Bonchev–Trinajstić information content (AvgIpc) is 3.12. The first-order valence-electron chi connectivity index (χ1n) is 20.7. The molecule has 0 aromatic carbocycles. The fraction of sp³-hybridized carbons (Fsp3) is 0.973. The summed E-state index contributed by atoms with van der Waals surface area (Å²) in [6.07, 6.45) is -76.8. The Morgan fingerprint density at radius 2 is 0.633 bits per heavy atom. The number of thioether (sulfide) groups is 1. The molecule has 79 heavy (non-hydrogen) atoms. The van der Waals surface area contributed by atoms with E-state index in [2.05, 4.69) is 21.7 Å². The predicted molar refractivity (Wildman–Crippen MR) is 213 cm³/mol. The number of nitrogens with zero attached hydrogens (tertiary/aromatic N) is 1. The Balaban J connectivity index is -0.00000142. The van der Waals surface area contributed by atoms with Gasteiger partial charge in [-0.3, -0.25) is 0 Å². The minimum atomic E-state index is -6.06. The van der Waals surface area contributed by atoms with Crippen molar-refractivity contribution in [3.8, 4) is 5.40 Å². The number of halogens is 37. The first-order valence-corrected chi connectivity index (χ1v) is 25.3. The number of hydrogen-bond donors (Lipinski definition) is 0. The second kappa shape index (κ2) is 28.9. The van der Waals surface area contributed by atoms with Gasteiger partial charge in [-0.15, -0.1) is 0 Å². The smallest absolute Gasteiger partial charge is 0.234 e. The topological polar surface area (TPSA) is 57.9 Å². The van der Waals surface area contributed by atoms with E-state index in [1.807, 2.05) is 0 Å². The number of thiocyanates is 1. The summed E-state index contributed by atoms with van der Waals surface area (Å²) < 4.78 is 474. The quantitative estimate of drug-likeness (QED) is 0.0375. The molecule has 0 aliphatic heterocycles. The van der Waals surface area contributed by atoms with E-state index in [4.69, 9.17) is 15.9 Å². The van der Waals surface area contributed by atoms with Crippen LogP contribution in [0.15, 0.2) is 0 Å². The van der Waals surface area contributed by atoms with Gasteiger partial charge in [-0.1, -0.05) is 0 Å². The van der Waals surface area contributed by atoms with E-state index in [0.29, 0.717) is 0 Å². The number of hydrogen-bond acceptors (Lipinski definition) is 4. The molecular formula is C37H40Cl3F34NO2S2. The Hall–Kier alpha value is -1.72. The molecule has 0 saturated heterocycles. The number of nitriles is 1. The van der Waals surface area contributed by atoms with Gasteiger partial charge in [-0.05, 0) is 64.1 Å². The molecule has 8 unspecified atom stereocenters. The summed E-state index contributed by atoms with van der Waals surface area (Å²) in [5.41, 5.74) is -9.55. The number of rotatable bonds is 26. The molecule has 0 rings (SSSR count). The maximum atomic E-state index is 14.1. The van der Waals surface area contributed by atoms with Gasteiger partial charge < -0.3 is 0 Å². The van der Waals surface area contributed by atoms with Crippen molar-refractivity contribution < 1.29 is 158 Å². The van der Waals surface area contributed by atoms with Crippen molar-refractivity contribution in [2.24, 2.45) is 35.5 Å². The molecule has 0 fully saturated rings. The van der Waals surface area contributed by atoms with E-state index in [1.165, 1.54) is 5.40 Å². The Bertz CT molecular complexity index is 1950. The molecule has 42 heteroatoms. The van der Waals surface area contributed by atoms with Gasteiger partial charge >= 0.3 is 49.4 Å². The van der Waals surface area contributed by atoms with E-state index in [0.717, 1.165) is 0 Å². The van der Waals surface area contributed by atoms with Gasteiger partial charge in [-0.25, -0.2) is 52.3 Å². The molecule has 0 amide bonds. The lowest BCUT2D eigenvalue weighted by molar-refractivity contribution is -0.254. The largest absolute Gasteiger partial charge is 0.422 e. The zero-order chi connectivity index (χ0) is 64.3. The van der Waals surface area contributed by atoms with Crippen molar-refractivity contribution in [1.29, 1.82) is 5.26 Å². The fourth-order valence-electron chi connectivity index (χ4n) is 7.05.